The molecule has 8 aromatic carbocycles. The molecule has 0 unspecified atom stereocenters. The topological polar surface area (TPSA) is 56.7 Å². The predicted octanol–water partition coefficient (Wildman–Crippen LogP) is 13.9. The molecule has 0 amide bonds. The molecular formula is C51H30N4OS. The molecule has 12 rings (SSSR count). The lowest BCUT2D eigenvalue weighted by Gasteiger charge is -2.11. The first-order valence-corrected chi connectivity index (χ1v) is 19.8. The van der Waals surface area contributed by atoms with Crippen LogP contribution in [0.2, 0.25) is 0 Å². The summed E-state index contributed by atoms with van der Waals surface area (Å²) in [5, 5.41) is 7.03. The number of nitrogens with zero attached hydrogens (tertiary/aromatic N) is 4. The summed E-state index contributed by atoms with van der Waals surface area (Å²) in [6, 6.07) is 63.7. The monoisotopic (exact) mass is 746 g/mol. The standard InChI is InChI=1S/C51H30N4OS/c1-3-13-31(14-4-1)33-17-11-18-34(29-33)36-21-12-23-42-46(36)38-26-25-35(30-43(38)56-42)50-52-49(32-15-5-2-6-16-32)53-51(54-50)55-40-22-9-7-19-37(40)47-41(55)27-28-45-48(47)39-20-8-10-24-44(39)57-45/h1-30H. The maximum absolute atomic E-state index is 6.62. The van der Waals surface area contributed by atoms with Crippen LogP contribution in [0, 0.1) is 0 Å². The summed E-state index contributed by atoms with van der Waals surface area (Å²) < 4.78 is 11.4. The maximum Gasteiger partial charge on any atom is 0.238 e. The fourth-order valence-corrected chi connectivity index (χ4v) is 9.62. The van der Waals surface area contributed by atoms with E-state index in [1.807, 2.05) is 53.8 Å². The van der Waals surface area contributed by atoms with Gasteiger partial charge < -0.3 is 4.42 Å². The summed E-state index contributed by atoms with van der Waals surface area (Å²) in [6.07, 6.45) is 0. The molecule has 0 aliphatic heterocycles. The predicted molar refractivity (Wildman–Crippen MR) is 236 cm³/mol. The Balaban J connectivity index is 1.06. The van der Waals surface area contributed by atoms with Crippen molar-refractivity contribution in [3.63, 3.8) is 0 Å². The third kappa shape index (κ3) is 5.04. The molecule has 0 N–H and O–H groups in total. The van der Waals surface area contributed by atoms with E-state index in [0.29, 0.717) is 17.6 Å². The number of rotatable bonds is 5. The summed E-state index contributed by atoms with van der Waals surface area (Å²) in [4.78, 5) is 15.6. The lowest BCUT2D eigenvalue weighted by molar-refractivity contribution is 0.669. The van der Waals surface area contributed by atoms with Crippen molar-refractivity contribution in [1.82, 2.24) is 19.5 Å². The number of hydrogen-bond donors (Lipinski definition) is 0. The molecule has 0 saturated carbocycles. The quantitative estimate of drug-likeness (QED) is 0.176. The fourth-order valence-electron chi connectivity index (χ4n) is 8.50. The Kier molecular flexibility index (Phi) is 7.03. The Morgan fingerprint density at radius 3 is 1.95 bits per heavy atom. The Morgan fingerprint density at radius 1 is 0.386 bits per heavy atom. The SMILES string of the molecule is c1ccc(-c2cccc(-c3cccc4oc5cc(-c6nc(-c7ccccc7)nc(-n7c8ccccc8c8c9c(ccc87)sc7ccccc79)n6)ccc5c34)c2)cc1. The first kappa shape index (κ1) is 31.9. The zero-order valence-corrected chi connectivity index (χ0v) is 31.2. The van der Waals surface area contributed by atoms with Gasteiger partial charge in [0.1, 0.15) is 11.2 Å². The second kappa shape index (κ2) is 12.6. The zero-order valence-electron chi connectivity index (χ0n) is 30.4. The number of benzene rings is 8. The summed E-state index contributed by atoms with van der Waals surface area (Å²) in [6.45, 7) is 0. The normalized spacial score (nSPS) is 11.9. The molecule has 12 aromatic rings. The average Bonchev–Trinajstić information content (AvgIpc) is 3.96. The van der Waals surface area contributed by atoms with Crippen molar-refractivity contribution in [2.45, 2.75) is 0 Å². The Labute approximate surface area is 330 Å². The van der Waals surface area contributed by atoms with E-state index in [1.54, 1.807) is 0 Å². The molecule has 6 heteroatoms. The Bertz CT molecular complexity index is 3530. The molecule has 0 bridgehead atoms. The van der Waals surface area contributed by atoms with Gasteiger partial charge in [0.25, 0.3) is 0 Å². The van der Waals surface area contributed by atoms with Crippen molar-refractivity contribution in [2.24, 2.45) is 0 Å². The smallest absolute Gasteiger partial charge is 0.238 e. The van der Waals surface area contributed by atoms with Crippen LogP contribution in [-0.2, 0) is 0 Å². The highest BCUT2D eigenvalue weighted by molar-refractivity contribution is 7.26. The van der Waals surface area contributed by atoms with Crippen LogP contribution in [0.5, 0.6) is 0 Å². The van der Waals surface area contributed by atoms with Gasteiger partial charge in [-0.15, -0.1) is 11.3 Å². The molecule has 5 nitrogen and oxygen atoms in total. The van der Waals surface area contributed by atoms with Crippen LogP contribution in [0.15, 0.2) is 186 Å². The van der Waals surface area contributed by atoms with Gasteiger partial charge >= 0.3 is 0 Å². The maximum atomic E-state index is 6.62. The van der Waals surface area contributed by atoms with E-state index in [1.165, 1.54) is 42.1 Å². The van der Waals surface area contributed by atoms with Gasteiger partial charge in [-0.1, -0.05) is 133 Å². The Hall–Kier alpha value is -7.41. The van der Waals surface area contributed by atoms with Crippen LogP contribution in [0.1, 0.15) is 0 Å². The summed E-state index contributed by atoms with van der Waals surface area (Å²) >= 11 is 1.83. The average molecular weight is 747 g/mol. The van der Waals surface area contributed by atoms with E-state index in [4.69, 9.17) is 19.4 Å². The van der Waals surface area contributed by atoms with Crippen LogP contribution < -0.4 is 0 Å². The molecule has 0 atom stereocenters. The third-order valence-electron chi connectivity index (χ3n) is 11.1. The van der Waals surface area contributed by atoms with Crippen LogP contribution in [-0.4, -0.2) is 19.5 Å². The minimum absolute atomic E-state index is 0.564. The molecule has 0 fully saturated rings. The van der Waals surface area contributed by atoms with E-state index >= 15 is 0 Å². The van der Waals surface area contributed by atoms with Crippen molar-refractivity contribution < 1.29 is 4.42 Å². The van der Waals surface area contributed by atoms with Gasteiger partial charge in [-0.05, 0) is 70.8 Å². The summed E-state index contributed by atoms with van der Waals surface area (Å²) in [5.74, 6) is 1.74. The molecule has 0 radical (unpaired) electrons. The van der Waals surface area contributed by atoms with E-state index in [9.17, 15) is 0 Å². The number of furan rings is 1. The highest BCUT2D eigenvalue weighted by atomic mass is 32.1. The van der Waals surface area contributed by atoms with Crippen molar-refractivity contribution in [3.05, 3.63) is 182 Å². The van der Waals surface area contributed by atoms with Gasteiger partial charge in [0.15, 0.2) is 11.6 Å². The van der Waals surface area contributed by atoms with E-state index < -0.39 is 0 Å². The van der Waals surface area contributed by atoms with Gasteiger partial charge in [-0.3, -0.25) is 4.57 Å². The molecule has 4 aromatic heterocycles. The first-order chi connectivity index (χ1) is 28.2. The van der Waals surface area contributed by atoms with Crippen LogP contribution >= 0.6 is 11.3 Å². The van der Waals surface area contributed by atoms with Crippen LogP contribution in [0.25, 0.3) is 115 Å². The molecule has 0 aliphatic carbocycles. The molecule has 57 heavy (non-hydrogen) atoms. The van der Waals surface area contributed by atoms with Crippen molar-refractivity contribution >= 4 is 75.3 Å². The Morgan fingerprint density at radius 2 is 1.09 bits per heavy atom. The largest absolute Gasteiger partial charge is 0.456 e. The first-order valence-electron chi connectivity index (χ1n) is 19.0. The second-order valence-electron chi connectivity index (χ2n) is 14.4. The number of thiophene rings is 1. The zero-order chi connectivity index (χ0) is 37.5. The van der Waals surface area contributed by atoms with Crippen LogP contribution in [0.3, 0.4) is 0 Å². The number of aromatic nitrogens is 4. The van der Waals surface area contributed by atoms with Crippen molar-refractivity contribution in [2.75, 3.05) is 0 Å². The highest BCUT2D eigenvalue weighted by Crippen LogP contribution is 2.44. The summed E-state index contributed by atoms with van der Waals surface area (Å²) in [7, 11) is 0. The molecule has 0 spiro atoms. The highest BCUT2D eigenvalue weighted by Gasteiger charge is 2.22. The van der Waals surface area contributed by atoms with Gasteiger partial charge in [-0.25, -0.2) is 4.98 Å². The number of fused-ring (bicyclic) bond motifs is 10. The number of hydrogen-bond acceptors (Lipinski definition) is 5. The number of para-hydroxylation sites is 1. The minimum Gasteiger partial charge on any atom is -0.456 e. The van der Waals surface area contributed by atoms with Crippen molar-refractivity contribution in [1.29, 1.82) is 0 Å². The van der Waals surface area contributed by atoms with Gasteiger partial charge in [-0.2, -0.15) is 9.97 Å². The minimum atomic E-state index is 0.564. The molecule has 266 valence electrons. The van der Waals surface area contributed by atoms with Crippen LogP contribution in [0.4, 0.5) is 0 Å². The van der Waals surface area contributed by atoms with E-state index in [2.05, 4.69) is 144 Å². The lowest BCUT2D eigenvalue weighted by atomic mass is 9.96. The fraction of sp³-hybridized carbons (Fsp3) is 0. The molecule has 0 saturated heterocycles. The molecule has 4 heterocycles. The van der Waals surface area contributed by atoms with Crippen molar-refractivity contribution in [3.8, 4) is 51.0 Å². The van der Waals surface area contributed by atoms with Gasteiger partial charge in [0, 0.05) is 52.8 Å². The molecule has 0 aliphatic rings. The summed E-state index contributed by atoms with van der Waals surface area (Å²) in [5.41, 5.74) is 10.1. The third-order valence-corrected chi connectivity index (χ3v) is 12.2. The van der Waals surface area contributed by atoms with E-state index in [0.717, 1.165) is 55.2 Å². The van der Waals surface area contributed by atoms with Gasteiger partial charge in [0.05, 0.1) is 11.0 Å². The molecular weight excluding hydrogens is 717 g/mol. The van der Waals surface area contributed by atoms with Gasteiger partial charge in [0.2, 0.25) is 5.95 Å². The second-order valence-corrected chi connectivity index (χ2v) is 15.5. The van der Waals surface area contributed by atoms with E-state index in [-0.39, 0.29) is 0 Å². The lowest BCUT2D eigenvalue weighted by Crippen LogP contribution is -2.06.